The van der Waals surface area contributed by atoms with Crippen LogP contribution in [-0.4, -0.2) is 32.8 Å². The molecule has 152 valence electrons. The van der Waals surface area contributed by atoms with Gasteiger partial charge in [-0.2, -0.15) is 0 Å². The predicted octanol–water partition coefficient (Wildman–Crippen LogP) is 3.93. The molecule has 0 saturated carbocycles. The summed E-state index contributed by atoms with van der Waals surface area (Å²) in [6.45, 7) is 1.69. The smallest absolute Gasteiger partial charge is 0.259 e. The minimum absolute atomic E-state index is 0.238. The molecule has 2 aliphatic heterocycles. The van der Waals surface area contributed by atoms with Gasteiger partial charge >= 0.3 is 0 Å². The number of hydrogen-bond acceptors (Lipinski definition) is 4. The van der Waals surface area contributed by atoms with Crippen molar-refractivity contribution in [1.29, 1.82) is 0 Å². The molecule has 1 atom stereocenters. The first-order chi connectivity index (χ1) is 15.0. The van der Waals surface area contributed by atoms with Crippen molar-refractivity contribution in [3.8, 4) is 0 Å². The molecule has 2 aliphatic rings. The van der Waals surface area contributed by atoms with Crippen LogP contribution in [0.2, 0.25) is 0 Å². The Bertz CT molecular complexity index is 1460. The van der Waals surface area contributed by atoms with Gasteiger partial charge in [0.1, 0.15) is 0 Å². The molecule has 6 heteroatoms. The molecule has 0 spiro atoms. The highest BCUT2D eigenvalue weighted by molar-refractivity contribution is 6.11. The Morgan fingerprint density at radius 1 is 1.10 bits per heavy atom. The van der Waals surface area contributed by atoms with Gasteiger partial charge in [-0.25, -0.2) is 0 Å². The molecule has 6 rings (SSSR count). The summed E-state index contributed by atoms with van der Waals surface area (Å²) in [5, 5.41) is 5.61. The summed E-state index contributed by atoms with van der Waals surface area (Å²) in [5.74, 6) is -0.816. The van der Waals surface area contributed by atoms with Crippen LogP contribution in [0.3, 0.4) is 0 Å². The van der Waals surface area contributed by atoms with Crippen LogP contribution in [0, 0.1) is 0 Å². The SMILES string of the molecule is CC(=O)N1CC2=C(C1=O)[C@@H](c1cccc3cccnc13)c1cn(C)c3cccc(c13)N2. The lowest BCUT2D eigenvalue weighted by atomic mass is 9.83. The number of amides is 2. The van der Waals surface area contributed by atoms with Crippen LogP contribution in [0.25, 0.3) is 21.8 Å². The zero-order valence-electron chi connectivity index (χ0n) is 17.2. The van der Waals surface area contributed by atoms with E-state index in [0.717, 1.165) is 44.3 Å². The molecule has 1 N–H and O–H groups in total. The quantitative estimate of drug-likeness (QED) is 0.518. The highest BCUT2D eigenvalue weighted by Gasteiger charge is 2.42. The van der Waals surface area contributed by atoms with E-state index in [-0.39, 0.29) is 24.3 Å². The molecule has 2 aromatic carbocycles. The van der Waals surface area contributed by atoms with Gasteiger partial charge in [0.2, 0.25) is 5.91 Å². The van der Waals surface area contributed by atoms with E-state index >= 15 is 0 Å². The van der Waals surface area contributed by atoms with Crippen molar-refractivity contribution in [1.82, 2.24) is 14.5 Å². The third-order valence-corrected chi connectivity index (χ3v) is 6.40. The molecule has 2 amide bonds. The van der Waals surface area contributed by atoms with Gasteiger partial charge in [-0.05, 0) is 29.3 Å². The number of anilines is 1. The van der Waals surface area contributed by atoms with E-state index in [4.69, 9.17) is 0 Å². The summed E-state index contributed by atoms with van der Waals surface area (Å²) in [5.41, 5.74) is 6.33. The fourth-order valence-corrected chi connectivity index (χ4v) is 5.05. The number of fused-ring (bicyclic) bond motifs is 1. The number of nitrogens with one attached hydrogen (secondary N) is 1. The average Bonchev–Trinajstić information content (AvgIpc) is 3.22. The van der Waals surface area contributed by atoms with Crippen molar-refractivity contribution in [2.75, 3.05) is 11.9 Å². The zero-order chi connectivity index (χ0) is 21.3. The summed E-state index contributed by atoms with van der Waals surface area (Å²) in [6, 6.07) is 16.1. The largest absolute Gasteiger partial charge is 0.356 e. The van der Waals surface area contributed by atoms with Crippen LogP contribution in [0.4, 0.5) is 5.69 Å². The van der Waals surface area contributed by atoms with Crippen LogP contribution in [0.15, 0.2) is 72.2 Å². The van der Waals surface area contributed by atoms with Gasteiger partial charge in [-0.3, -0.25) is 19.5 Å². The summed E-state index contributed by atoms with van der Waals surface area (Å²) in [6.07, 6.45) is 3.88. The number of aromatic nitrogens is 2. The molecule has 2 aromatic heterocycles. The molecule has 6 nitrogen and oxygen atoms in total. The van der Waals surface area contributed by atoms with Gasteiger partial charge in [0, 0.05) is 54.4 Å². The molecule has 4 aromatic rings. The molecule has 0 fully saturated rings. The lowest BCUT2D eigenvalue weighted by Gasteiger charge is -2.20. The molecule has 0 bridgehead atoms. The van der Waals surface area contributed by atoms with Crippen LogP contribution in [0.5, 0.6) is 0 Å². The second-order valence-electron chi connectivity index (χ2n) is 8.18. The summed E-state index contributed by atoms with van der Waals surface area (Å²) in [4.78, 5) is 31.7. The standard InChI is InChI=1S/C25H20N4O2/c1-14(30)29-13-19-23(25(29)31)21(16-8-3-6-15-7-5-11-26-24(15)16)17-12-28(2)20-10-4-9-18(27-19)22(17)20/h3-12,21,27H,13H2,1-2H3/t21-/m0/s1. The minimum atomic E-state index is -0.328. The Morgan fingerprint density at radius 3 is 2.74 bits per heavy atom. The van der Waals surface area contributed by atoms with E-state index in [1.807, 2.05) is 49.5 Å². The fourth-order valence-electron chi connectivity index (χ4n) is 5.05. The lowest BCUT2D eigenvalue weighted by Crippen LogP contribution is -2.33. The van der Waals surface area contributed by atoms with Crippen molar-refractivity contribution >= 4 is 39.3 Å². The van der Waals surface area contributed by atoms with E-state index < -0.39 is 0 Å². The lowest BCUT2D eigenvalue weighted by molar-refractivity contribution is -0.139. The Balaban J connectivity index is 1.71. The summed E-state index contributed by atoms with van der Waals surface area (Å²) >= 11 is 0. The first kappa shape index (κ1) is 17.9. The van der Waals surface area contributed by atoms with Crippen molar-refractivity contribution in [2.45, 2.75) is 12.8 Å². The Hall–Kier alpha value is -3.93. The molecule has 0 radical (unpaired) electrons. The Labute approximate surface area is 178 Å². The third-order valence-electron chi connectivity index (χ3n) is 6.40. The Kier molecular flexibility index (Phi) is 3.63. The highest BCUT2D eigenvalue weighted by atomic mass is 16.2. The Morgan fingerprint density at radius 2 is 1.90 bits per heavy atom. The monoisotopic (exact) mass is 408 g/mol. The number of nitrogens with zero attached hydrogens (tertiary/aromatic N) is 3. The number of carbonyl (C=O) groups excluding carboxylic acids is 2. The highest BCUT2D eigenvalue weighted by Crippen LogP contribution is 2.47. The van der Waals surface area contributed by atoms with Crippen molar-refractivity contribution in [2.24, 2.45) is 7.05 Å². The first-order valence-corrected chi connectivity index (χ1v) is 10.3. The number of benzene rings is 2. The van der Waals surface area contributed by atoms with E-state index in [9.17, 15) is 9.59 Å². The van der Waals surface area contributed by atoms with Crippen LogP contribution < -0.4 is 5.32 Å². The molecule has 0 unspecified atom stereocenters. The number of aryl methyl sites for hydroxylation is 1. The minimum Gasteiger partial charge on any atom is -0.356 e. The molecule has 0 aliphatic carbocycles. The number of imide groups is 1. The second-order valence-corrected chi connectivity index (χ2v) is 8.18. The second kappa shape index (κ2) is 6.28. The van der Waals surface area contributed by atoms with Crippen LogP contribution in [-0.2, 0) is 16.6 Å². The fraction of sp³-hybridized carbons (Fsp3) is 0.160. The van der Waals surface area contributed by atoms with Gasteiger partial charge in [0.25, 0.3) is 5.91 Å². The normalized spacial score (nSPS) is 17.8. The number of carbonyl (C=O) groups is 2. The predicted molar refractivity (Wildman–Crippen MR) is 120 cm³/mol. The number of pyridine rings is 1. The van der Waals surface area contributed by atoms with Crippen molar-refractivity contribution in [3.05, 3.63) is 83.3 Å². The van der Waals surface area contributed by atoms with E-state index in [2.05, 4.69) is 27.1 Å². The number of rotatable bonds is 1. The molecular weight excluding hydrogens is 388 g/mol. The molecule has 4 heterocycles. The maximum absolute atomic E-state index is 13.5. The van der Waals surface area contributed by atoms with Gasteiger partial charge < -0.3 is 9.88 Å². The summed E-state index contributed by atoms with van der Waals surface area (Å²) in [7, 11) is 2.02. The van der Waals surface area contributed by atoms with Gasteiger partial charge in [0.05, 0.1) is 23.2 Å². The zero-order valence-corrected chi connectivity index (χ0v) is 17.2. The number of para-hydroxylation sites is 1. The van der Waals surface area contributed by atoms with Gasteiger partial charge in [-0.1, -0.05) is 30.3 Å². The van der Waals surface area contributed by atoms with Crippen molar-refractivity contribution in [3.63, 3.8) is 0 Å². The van der Waals surface area contributed by atoms with E-state index in [0.29, 0.717) is 5.57 Å². The van der Waals surface area contributed by atoms with Crippen LogP contribution in [0.1, 0.15) is 24.0 Å². The van der Waals surface area contributed by atoms with Crippen molar-refractivity contribution < 1.29 is 9.59 Å². The average molecular weight is 408 g/mol. The molecule has 31 heavy (non-hydrogen) atoms. The van der Waals surface area contributed by atoms with E-state index in [1.165, 1.54) is 11.8 Å². The molecule has 0 saturated heterocycles. The summed E-state index contributed by atoms with van der Waals surface area (Å²) < 4.78 is 2.09. The third kappa shape index (κ3) is 2.42. The number of hydrogen-bond donors (Lipinski definition) is 1. The topological polar surface area (TPSA) is 67.2 Å². The van der Waals surface area contributed by atoms with Gasteiger partial charge in [0.15, 0.2) is 0 Å². The maximum atomic E-state index is 13.5. The van der Waals surface area contributed by atoms with Crippen LogP contribution >= 0.6 is 0 Å². The van der Waals surface area contributed by atoms with E-state index in [1.54, 1.807) is 6.20 Å². The first-order valence-electron chi connectivity index (χ1n) is 10.3. The van der Waals surface area contributed by atoms with Gasteiger partial charge in [-0.15, -0.1) is 0 Å². The molecular formula is C25H20N4O2. The maximum Gasteiger partial charge on any atom is 0.259 e.